The van der Waals surface area contributed by atoms with Crippen molar-refractivity contribution < 1.29 is 13.9 Å². The van der Waals surface area contributed by atoms with Crippen molar-refractivity contribution in [3.05, 3.63) is 99.5 Å². The van der Waals surface area contributed by atoms with Gasteiger partial charge in [-0.05, 0) is 53.1 Å². The molecule has 1 saturated heterocycles. The molecule has 0 bridgehead atoms. The summed E-state index contributed by atoms with van der Waals surface area (Å²) in [5.41, 5.74) is 2.97. The van der Waals surface area contributed by atoms with E-state index in [0.29, 0.717) is 23.1 Å². The monoisotopic (exact) mass is 476 g/mol. The van der Waals surface area contributed by atoms with Crippen LogP contribution in [0.1, 0.15) is 22.7 Å². The van der Waals surface area contributed by atoms with Gasteiger partial charge in [-0.2, -0.15) is 4.31 Å². The highest BCUT2D eigenvalue weighted by Gasteiger charge is 2.39. The van der Waals surface area contributed by atoms with Gasteiger partial charge in [-0.25, -0.2) is 4.21 Å². The van der Waals surface area contributed by atoms with Crippen molar-refractivity contribution in [1.82, 2.24) is 9.21 Å². The first kappa shape index (κ1) is 22.3. The summed E-state index contributed by atoms with van der Waals surface area (Å²) in [5, 5.41) is 11.0. The van der Waals surface area contributed by atoms with Crippen LogP contribution in [-0.4, -0.2) is 42.2 Å². The Kier molecular flexibility index (Phi) is 6.96. The average Bonchev–Trinajstić information content (AvgIpc) is 2.71. The lowest BCUT2D eigenvalue weighted by Gasteiger charge is -2.47. The van der Waals surface area contributed by atoms with E-state index in [4.69, 9.17) is 23.2 Å². The second-order valence-corrected chi connectivity index (χ2v) is 9.39. The van der Waals surface area contributed by atoms with E-state index in [1.165, 1.54) is 0 Å². The molecule has 1 aliphatic rings. The molecule has 8 heteroatoms. The number of aromatic hydroxyl groups is 1. The van der Waals surface area contributed by atoms with Gasteiger partial charge in [0.1, 0.15) is 5.75 Å². The zero-order valence-electron chi connectivity index (χ0n) is 16.6. The first-order chi connectivity index (χ1) is 14.9. The fourth-order valence-electron chi connectivity index (χ4n) is 3.93. The van der Waals surface area contributed by atoms with E-state index in [1.54, 1.807) is 22.5 Å². The molecule has 1 aliphatic heterocycles. The fraction of sp³-hybridized carbons (Fsp3) is 0.217. The molecule has 0 amide bonds. The molecule has 2 N–H and O–H groups in total. The molecule has 1 heterocycles. The van der Waals surface area contributed by atoms with Crippen LogP contribution in [0.25, 0.3) is 0 Å². The predicted molar refractivity (Wildman–Crippen MR) is 125 cm³/mol. The maximum atomic E-state index is 12.0. The number of phenols is 1. The lowest BCUT2D eigenvalue weighted by Crippen LogP contribution is -2.60. The van der Waals surface area contributed by atoms with Gasteiger partial charge in [0.2, 0.25) is 11.3 Å². The SMILES string of the molecule is O=S(O)N(Cc1cccc(O)c1)C1CN(C(c2ccc(Cl)cc2)c2ccc(Cl)cc2)C1. The minimum absolute atomic E-state index is 0.0134. The zero-order chi connectivity index (χ0) is 22.0. The number of hydrogen-bond donors (Lipinski definition) is 2. The van der Waals surface area contributed by atoms with Crippen molar-refractivity contribution in [2.45, 2.75) is 18.6 Å². The summed E-state index contributed by atoms with van der Waals surface area (Å²) in [6.07, 6.45) is 0. The van der Waals surface area contributed by atoms with Crippen molar-refractivity contribution in [2.24, 2.45) is 0 Å². The first-order valence-electron chi connectivity index (χ1n) is 9.81. The molecule has 162 valence electrons. The summed E-state index contributed by atoms with van der Waals surface area (Å²) in [5.74, 6) is 0.141. The smallest absolute Gasteiger partial charge is 0.235 e. The van der Waals surface area contributed by atoms with Gasteiger partial charge in [0.05, 0.1) is 12.1 Å². The molecule has 1 atom stereocenters. The fourth-order valence-corrected chi connectivity index (χ4v) is 4.83. The van der Waals surface area contributed by atoms with Crippen LogP contribution in [0.2, 0.25) is 10.0 Å². The van der Waals surface area contributed by atoms with E-state index in [1.807, 2.05) is 54.6 Å². The van der Waals surface area contributed by atoms with Gasteiger partial charge in [-0.3, -0.25) is 9.45 Å². The molecule has 1 fully saturated rings. The molecule has 0 saturated carbocycles. The molecule has 0 aromatic heterocycles. The molecule has 5 nitrogen and oxygen atoms in total. The molecule has 0 radical (unpaired) electrons. The van der Waals surface area contributed by atoms with E-state index >= 15 is 0 Å². The summed E-state index contributed by atoms with van der Waals surface area (Å²) >= 11 is 10.0. The summed E-state index contributed by atoms with van der Waals surface area (Å²) in [6.45, 7) is 1.53. The minimum Gasteiger partial charge on any atom is -0.508 e. The highest BCUT2D eigenvalue weighted by molar-refractivity contribution is 7.76. The molecular weight excluding hydrogens is 455 g/mol. The highest BCUT2D eigenvalue weighted by Crippen LogP contribution is 2.35. The second-order valence-electron chi connectivity index (χ2n) is 7.59. The Morgan fingerprint density at radius 2 is 1.52 bits per heavy atom. The lowest BCUT2D eigenvalue weighted by atomic mass is 9.93. The van der Waals surface area contributed by atoms with Gasteiger partial charge < -0.3 is 5.11 Å². The molecule has 3 aromatic rings. The van der Waals surface area contributed by atoms with E-state index in [9.17, 15) is 13.9 Å². The van der Waals surface area contributed by atoms with Crippen LogP contribution in [0.15, 0.2) is 72.8 Å². The van der Waals surface area contributed by atoms with E-state index in [-0.39, 0.29) is 24.4 Å². The Bertz CT molecular complexity index is 1010. The quantitative estimate of drug-likeness (QED) is 0.465. The number of halogens is 2. The van der Waals surface area contributed by atoms with Crippen molar-refractivity contribution in [3.8, 4) is 5.75 Å². The van der Waals surface area contributed by atoms with Crippen molar-refractivity contribution >= 4 is 34.5 Å². The molecule has 0 spiro atoms. The number of benzene rings is 3. The van der Waals surface area contributed by atoms with Gasteiger partial charge in [0, 0.05) is 29.7 Å². The summed E-state index contributed by atoms with van der Waals surface area (Å²) in [6, 6.07) is 22.1. The van der Waals surface area contributed by atoms with E-state index < -0.39 is 11.3 Å². The maximum absolute atomic E-state index is 12.0. The van der Waals surface area contributed by atoms with Crippen LogP contribution in [0.5, 0.6) is 5.75 Å². The number of phenolic OH excluding ortho intramolecular Hbond substituents is 1. The van der Waals surface area contributed by atoms with E-state index in [2.05, 4.69) is 4.90 Å². The van der Waals surface area contributed by atoms with Gasteiger partial charge >= 0.3 is 0 Å². The van der Waals surface area contributed by atoms with Gasteiger partial charge in [-0.15, -0.1) is 0 Å². The largest absolute Gasteiger partial charge is 0.508 e. The van der Waals surface area contributed by atoms with Gasteiger partial charge in [0.25, 0.3) is 0 Å². The number of rotatable bonds is 7. The number of likely N-dealkylation sites (tertiary alicyclic amines) is 1. The van der Waals surface area contributed by atoms with Crippen LogP contribution in [-0.2, 0) is 17.8 Å². The topological polar surface area (TPSA) is 64.0 Å². The third kappa shape index (κ3) is 5.29. The first-order valence-corrected chi connectivity index (χ1v) is 11.6. The van der Waals surface area contributed by atoms with Crippen molar-refractivity contribution in [3.63, 3.8) is 0 Å². The normalized spacial score (nSPS) is 15.9. The van der Waals surface area contributed by atoms with E-state index in [0.717, 1.165) is 16.7 Å². The van der Waals surface area contributed by atoms with Crippen LogP contribution in [0, 0.1) is 0 Å². The van der Waals surface area contributed by atoms with Crippen molar-refractivity contribution in [2.75, 3.05) is 13.1 Å². The average molecular weight is 477 g/mol. The molecular formula is C23H22Cl2N2O3S. The summed E-state index contributed by atoms with van der Waals surface area (Å²) in [7, 11) is 0. The lowest BCUT2D eigenvalue weighted by molar-refractivity contribution is 0.0498. The van der Waals surface area contributed by atoms with Crippen LogP contribution in [0.3, 0.4) is 0 Å². The van der Waals surface area contributed by atoms with Crippen LogP contribution in [0.4, 0.5) is 0 Å². The molecule has 4 rings (SSSR count). The Labute approximate surface area is 194 Å². The minimum atomic E-state index is -2.12. The standard InChI is InChI=1S/C23H22Cl2N2O3S/c24-19-8-4-17(5-9-19)23(18-6-10-20(25)11-7-18)26-14-21(15-26)27(31(29)30)13-16-2-1-3-22(28)12-16/h1-12,21,23,28H,13-15H2,(H,29,30). The summed E-state index contributed by atoms with van der Waals surface area (Å²) < 4.78 is 23.5. The third-order valence-electron chi connectivity index (χ3n) is 5.48. The van der Waals surface area contributed by atoms with Crippen molar-refractivity contribution in [1.29, 1.82) is 0 Å². The molecule has 31 heavy (non-hydrogen) atoms. The predicted octanol–water partition coefficient (Wildman–Crippen LogP) is 5.11. The van der Waals surface area contributed by atoms with Gasteiger partial charge in [0.15, 0.2) is 0 Å². The maximum Gasteiger partial charge on any atom is 0.235 e. The Hall–Kier alpha value is -1.93. The number of nitrogens with zero attached hydrogens (tertiary/aromatic N) is 2. The Morgan fingerprint density at radius 1 is 0.968 bits per heavy atom. The van der Waals surface area contributed by atoms with Crippen LogP contribution < -0.4 is 0 Å². The molecule has 3 aromatic carbocycles. The number of hydrogen-bond acceptors (Lipinski definition) is 3. The zero-order valence-corrected chi connectivity index (χ0v) is 18.9. The Balaban J connectivity index is 1.54. The Morgan fingerprint density at radius 3 is 2.00 bits per heavy atom. The molecule has 0 aliphatic carbocycles. The second kappa shape index (κ2) is 9.69. The third-order valence-corrected chi connectivity index (χ3v) is 6.82. The summed E-state index contributed by atoms with van der Waals surface area (Å²) in [4.78, 5) is 2.26. The molecule has 1 unspecified atom stereocenters. The highest BCUT2D eigenvalue weighted by atomic mass is 35.5. The van der Waals surface area contributed by atoms with Crippen LogP contribution >= 0.6 is 23.2 Å². The van der Waals surface area contributed by atoms with Gasteiger partial charge in [-0.1, -0.05) is 59.6 Å².